The predicted octanol–water partition coefficient (Wildman–Crippen LogP) is 1.77. The maximum absolute atomic E-state index is 12.1. The highest BCUT2D eigenvalue weighted by atomic mass is 35.5. The Morgan fingerprint density at radius 1 is 1.43 bits per heavy atom. The number of aromatic nitrogens is 2. The Morgan fingerprint density at radius 2 is 2.07 bits per heavy atom. The highest BCUT2D eigenvalue weighted by Gasteiger charge is 2.39. The fraction of sp³-hybridized carbons (Fsp3) is 0.714. The van der Waals surface area contributed by atoms with E-state index >= 15 is 0 Å². The standard InChI is InChI=1S/C7H9F2N3O.ClH/c8-4(9)5-11-6(12-13-5)7(10)2-1-3-7;/h4H,1-3,10H2;1H. The first-order chi connectivity index (χ1) is 6.12. The molecule has 1 aromatic heterocycles. The summed E-state index contributed by atoms with van der Waals surface area (Å²) in [6, 6.07) is 0. The minimum absolute atomic E-state index is 0. The van der Waals surface area contributed by atoms with Gasteiger partial charge in [0, 0.05) is 0 Å². The second kappa shape index (κ2) is 3.78. The fourth-order valence-corrected chi connectivity index (χ4v) is 1.31. The van der Waals surface area contributed by atoms with Gasteiger partial charge in [0.15, 0.2) is 5.82 Å². The number of hydrogen-bond donors (Lipinski definition) is 1. The Labute approximate surface area is 85.3 Å². The molecule has 1 aromatic rings. The van der Waals surface area contributed by atoms with Crippen molar-refractivity contribution >= 4 is 12.4 Å². The average Bonchev–Trinajstić information content (AvgIpc) is 2.48. The lowest BCUT2D eigenvalue weighted by Gasteiger charge is -2.34. The summed E-state index contributed by atoms with van der Waals surface area (Å²) in [7, 11) is 0. The van der Waals surface area contributed by atoms with Crippen LogP contribution in [-0.4, -0.2) is 10.1 Å². The van der Waals surface area contributed by atoms with Crippen LogP contribution in [0.15, 0.2) is 4.52 Å². The quantitative estimate of drug-likeness (QED) is 0.833. The van der Waals surface area contributed by atoms with Crippen molar-refractivity contribution in [3.63, 3.8) is 0 Å². The molecule has 80 valence electrons. The minimum atomic E-state index is -2.72. The number of alkyl halides is 2. The Balaban J connectivity index is 0.000000980. The van der Waals surface area contributed by atoms with Crippen molar-refractivity contribution in [2.75, 3.05) is 0 Å². The Kier molecular flexibility index (Phi) is 3.06. The lowest BCUT2D eigenvalue weighted by atomic mass is 9.77. The van der Waals surface area contributed by atoms with E-state index in [-0.39, 0.29) is 18.2 Å². The molecule has 1 heterocycles. The van der Waals surface area contributed by atoms with E-state index in [1.165, 1.54) is 0 Å². The molecule has 0 aromatic carbocycles. The molecule has 0 atom stereocenters. The van der Waals surface area contributed by atoms with Crippen LogP contribution in [0.4, 0.5) is 8.78 Å². The van der Waals surface area contributed by atoms with Crippen LogP contribution in [-0.2, 0) is 5.54 Å². The molecule has 4 nitrogen and oxygen atoms in total. The summed E-state index contributed by atoms with van der Waals surface area (Å²) < 4.78 is 28.5. The third kappa shape index (κ3) is 1.72. The first kappa shape index (κ1) is 11.3. The van der Waals surface area contributed by atoms with Gasteiger partial charge in [0.25, 0.3) is 5.89 Å². The Hall–Kier alpha value is -0.750. The third-order valence-corrected chi connectivity index (χ3v) is 2.32. The van der Waals surface area contributed by atoms with Gasteiger partial charge in [-0.05, 0) is 19.3 Å². The van der Waals surface area contributed by atoms with E-state index in [1.54, 1.807) is 0 Å². The molecule has 0 spiro atoms. The number of hydrogen-bond acceptors (Lipinski definition) is 4. The summed E-state index contributed by atoms with van der Waals surface area (Å²) in [5.41, 5.74) is 5.18. The van der Waals surface area contributed by atoms with E-state index in [0.717, 1.165) is 19.3 Å². The van der Waals surface area contributed by atoms with Crippen molar-refractivity contribution in [3.8, 4) is 0 Å². The van der Waals surface area contributed by atoms with E-state index < -0.39 is 17.9 Å². The van der Waals surface area contributed by atoms with Crippen molar-refractivity contribution in [2.45, 2.75) is 31.2 Å². The molecule has 0 unspecified atom stereocenters. The number of rotatable bonds is 2. The molecule has 1 aliphatic carbocycles. The molecule has 0 bridgehead atoms. The molecule has 7 heteroatoms. The first-order valence-electron chi connectivity index (χ1n) is 4.03. The van der Waals surface area contributed by atoms with Gasteiger partial charge in [-0.2, -0.15) is 13.8 Å². The van der Waals surface area contributed by atoms with Gasteiger partial charge in [0.05, 0.1) is 5.54 Å². The van der Waals surface area contributed by atoms with E-state index in [1.807, 2.05) is 0 Å². The highest BCUT2D eigenvalue weighted by Crippen LogP contribution is 2.37. The molecule has 2 N–H and O–H groups in total. The maximum Gasteiger partial charge on any atom is 0.315 e. The van der Waals surface area contributed by atoms with E-state index in [2.05, 4.69) is 14.7 Å². The normalized spacial score (nSPS) is 18.9. The molecule has 0 saturated heterocycles. The Morgan fingerprint density at radius 3 is 2.43 bits per heavy atom. The molecule has 2 rings (SSSR count). The summed E-state index contributed by atoms with van der Waals surface area (Å²) >= 11 is 0. The zero-order chi connectivity index (χ0) is 9.47. The molecule has 1 saturated carbocycles. The van der Waals surface area contributed by atoms with Crippen LogP contribution >= 0.6 is 12.4 Å². The largest absolute Gasteiger partial charge is 0.333 e. The third-order valence-electron chi connectivity index (χ3n) is 2.32. The van der Waals surface area contributed by atoms with Crippen molar-refractivity contribution < 1.29 is 13.3 Å². The van der Waals surface area contributed by atoms with E-state index in [9.17, 15) is 8.78 Å². The lowest BCUT2D eigenvalue weighted by Crippen LogP contribution is -2.44. The summed E-state index contributed by atoms with van der Waals surface area (Å²) in [5, 5.41) is 3.44. The van der Waals surface area contributed by atoms with Gasteiger partial charge in [0.2, 0.25) is 0 Å². The van der Waals surface area contributed by atoms with Gasteiger partial charge >= 0.3 is 6.43 Å². The van der Waals surface area contributed by atoms with Crippen LogP contribution in [0.5, 0.6) is 0 Å². The van der Waals surface area contributed by atoms with E-state index in [0.29, 0.717) is 0 Å². The predicted molar refractivity (Wildman–Crippen MR) is 46.2 cm³/mol. The summed E-state index contributed by atoms with van der Waals surface area (Å²) in [4.78, 5) is 3.55. The smallest absolute Gasteiger partial charge is 0.315 e. The number of nitrogens with zero attached hydrogens (tertiary/aromatic N) is 2. The second-order valence-corrected chi connectivity index (χ2v) is 3.27. The van der Waals surface area contributed by atoms with Crippen LogP contribution < -0.4 is 5.73 Å². The van der Waals surface area contributed by atoms with Crippen molar-refractivity contribution in [1.29, 1.82) is 0 Å². The molecule has 1 aliphatic rings. The molecule has 14 heavy (non-hydrogen) atoms. The SMILES string of the molecule is Cl.NC1(c2noc(C(F)F)n2)CCC1. The van der Waals surface area contributed by atoms with Crippen LogP contribution in [0.1, 0.15) is 37.4 Å². The fourth-order valence-electron chi connectivity index (χ4n) is 1.31. The summed E-state index contributed by atoms with van der Waals surface area (Å²) in [6.45, 7) is 0. The topological polar surface area (TPSA) is 64.9 Å². The molecular weight excluding hydrogens is 216 g/mol. The zero-order valence-electron chi connectivity index (χ0n) is 7.24. The van der Waals surface area contributed by atoms with Crippen LogP contribution in [0.2, 0.25) is 0 Å². The molecule has 0 radical (unpaired) electrons. The van der Waals surface area contributed by atoms with Crippen molar-refractivity contribution in [1.82, 2.24) is 10.1 Å². The van der Waals surface area contributed by atoms with Gasteiger partial charge in [0.1, 0.15) is 0 Å². The molecule has 1 fully saturated rings. The van der Waals surface area contributed by atoms with Gasteiger partial charge in [-0.25, -0.2) is 0 Å². The second-order valence-electron chi connectivity index (χ2n) is 3.27. The summed E-state index contributed by atoms with van der Waals surface area (Å²) in [6.07, 6.45) is -0.274. The van der Waals surface area contributed by atoms with Gasteiger partial charge < -0.3 is 10.3 Å². The van der Waals surface area contributed by atoms with Crippen LogP contribution in [0.3, 0.4) is 0 Å². The highest BCUT2D eigenvalue weighted by molar-refractivity contribution is 5.85. The van der Waals surface area contributed by atoms with Gasteiger partial charge in [-0.1, -0.05) is 5.16 Å². The first-order valence-corrected chi connectivity index (χ1v) is 4.03. The minimum Gasteiger partial charge on any atom is -0.333 e. The van der Waals surface area contributed by atoms with Crippen molar-refractivity contribution in [3.05, 3.63) is 11.7 Å². The monoisotopic (exact) mass is 225 g/mol. The summed E-state index contributed by atoms with van der Waals surface area (Å²) in [5.74, 6) is -0.444. The zero-order valence-corrected chi connectivity index (χ0v) is 8.06. The number of nitrogens with two attached hydrogens (primary N) is 1. The lowest BCUT2D eigenvalue weighted by molar-refractivity contribution is 0.106. The average molecular weight is 226 g/mol. The molecule has 0 aliphatic heterocycles. The maximum atomic E-state index is 12.1. The van der Waals surface area contributed by atoms with Gasteiger partial charge in [-0.15, -0.1) is 12.4 Å². The van der Waals surface area contributed by atoms with E-state index in [4.69, 9.17) is 5.73 Å². The number of halogens is 3. The van der Waals surface area contributed by atoms with Crippen LogP contribution in [0.25, 0.3) is 0 Å². The molecule has 0 amide bonds. The Bertz CT molecular complexity index is 314. The van der Waals surface area contributed by atoms with Gasteiger partial charge in [-0.3, -0.25) is 0 Å². The van der Waals surface area contributed by atoms with Crippen LogP contribution in [0, 0.1) is 0 Å². The van der Waals surface area contributed by atoms with Crippen molar-refractivity contribution in [2.24, 2.45) is 5.73 Å². The molecular formula is C7H10ClF2N3O.